The molecule has 0 saturated heterocycles. The maximum Gasteiger partial charge on any atom is 0.261 e. The van der Waals surface area contributed by atoms with Gasteiger partial charge in [-0.25, -0.2) is 4.98 Å². The molecule has 162 valence electrons. The highest BCUT2D eigenvalue weighted by Gasteiger charge is 2.13. The molecule has 0 atom stereocenters. The molecule has 2 heterocycles. The maximum absolute atomic E-state index is 11.9. The van der Waals surface area contributed by atoms with Crippen LogP contribution >= 0.6 is 15.9 Å². The van der Waals surface area contributed by atoms with Gasteiger partial charge in [-0.1, -0.05) is 53.1 Å². The standard InChI is InChI=1S/C13H11BrN4O.C10H16.C2H2/c1-6-4-7(14)5-9-11(6)18-12(17-9)10-8(15)2-3-16-13(10)19;1-2-3-7-10-8-5-4-6-9-10;1-2/h2-5H,1H3,(H,17,18)(H3,15,16,19);5,8-9H,2-4,6-7H2,1H3;1-2H. The Kier molecular flexibility index (Phi) is 9.36. The number of aromatic nitrogens is 3. The predicted molar refractivity (Wildman–Crippen MR) is 135 cm³/mol. The number of nitrogens with one attached hydrogen (secondary N) is 2. The van der Waals surface area contributed by atoms with E-state index in [1.165, 1.54) is 38.3 Å². The third-order valence-electron chi connectivity index (χ3n) is 4.86. The van der Waals surface area contributed by atoms with Crippen LogP contribution in [0.3, 0.4) is 0 Å². The molecule has 3 aromatic rings. The molecule has 5 nitrogen and oxygen atoms in total. The molecule has 4 rings (SSSR count). The first-order chi connectivity index (χ1) is 15.0. The van der Waals surface area contributed by atoms with E-state index in [9.17, 15) is 4.79 Å². The molecular weight excluding hydrogens is 452 g/mol. The molecule has 0 spiro atoms. The summed E-state index contributed by atoms with van der Waals surface area (Å²) < 4.78 is 0.961. The van der Waals surface area contributed by atoms with Gasteiger partial charge in [0.25, 0.3) is 5.56 Å². The van der Waals surface area contributed by atoms with Crippen molar-refractivity contribution in [2.45, 2.75) is 46.0 Å². The lowest BCUT2D eigenvalue weighted by Crippen LogP contribution is -2.11. The van der Waals surface area contributed by atoms with Gasteiger partial charge >= 0.3 is 0 Å². The van der Waals surface area contributed by atoms with Gasteiger partial charge in [-0.3, -0.25) is 4.79 Å². The van der Waals surface area contributed by atoms with Crippen LogP contribution in [0.5, 0.6) is 0 Å². The number of H-pyrrole nitrogens is 2. The number of nitrogen functional groups attached to an aromatic ring is 1. The summed E-state index contributed by atoms with van der Waals surface area (Å²) in [5, 5.41) is 0. The average molecular weight is 481 g/mol. The zero-order valence-corrected chi connectivity index (χ0v) is 19.6. The molecule has 0 saturated carbocycles. The lowest BCUT2D eigenvalue weighted by Gasteiger charge is -2.04. The van der Waals surface area contributed by atoms with Crippen LogP contribution < -0.4 is 11.3 Å². The third kappa shape index (κ3) is 6.47. The van der Waals surface area contributed by atoms with E-state index < -0.39 is 0 Å². The van der Waals surface area contributed by atoms with Crippen LogP contribution in [0.4, 0.5) is 5.69 Å². The van der Waals surface area contributed by atoms with Crippen molar-refractivity contribution in [3.63, 3.8) is 0 Å². The zero-order chi connectivity index (χ0) is 22.8. The molecule has 31 heavy (non-hydrogen) atoms. The van der Waals surface area contributed by atoms with Crippen molar-refractivity contribution >= 4 is 32.7 Å². The van der Waals surface area contributed by atoms with E-state index >= 15 is 0 Å². The quantitative estimate of drug-likeness (QED) is 0.384. The van der Waals surface area contributed by atoms with E-state index in [1.807, 2.05) is 19.1 Å². The van der Waals surface area contributed by atoms with Crippen LogP contribution in [0.25, 0.3) is 22.4 Å². The second kappa shape index (κ2) is 12.0. The van der Waals surface area contributed by atoms with Crippen LogP contribution in [-0.4, -0.2) is 15.0 Å². The molecule has 4 N–H and O–H groups in total. The van der Waals surface area contributed by atoms with Crippen molar-refractivity contribution < 1.29 is 0 Å². The third-order valence-corrected chi connectivity index (χ3v) is 5.32. The van der Waals surface area contributed by atoms with Crippen molar-refractivity contribution in [2.24, 2.45) is 0 Å². The van der Waals surface area contributed by atoms with Gasteiger partial charge in [-0.15, -0.1) is 12.8 Å². The van der Waals surface area contributed by atoms with E-state index in [0.29, 0.717) is 17.1 Å². The van der Waals surface area contributed by atoms with Gasteiger partial charge in [0.15, 0.2) is 0 Å². The Labute approximate surface area is 192 Å². The number of allylic oxidation sites excluding steroid dienone is 4. The Morgan fingerprint density at radius 1 is 1.26 bits per heavy atom. The molecular formula is C25H29BrN4O. The zero-order valence-electron chi connectivity index (χ0n) is 18.0. The highest BCUT2D eigenvalue weighted by Crippen LogP contribution is 2.26. The lowest BCUT2D eigenvalue weighted by atomic mass is 10.0. The number of pyridine rings is 1. The number of imidazole rings is 1. The van der Waals surface area contributed by atoms with Gasteiger partial charge in [-0.2, -0.15) is 0 Å². The molecule has 1 aliphatic carbocycles. The maximum atomic E-state index is 11.9. The van der Waals surface area contributed by atoms with Crippen LogP contribution in [0.15, 0.2) is 57.5 Å². The summed E-state index contributed by atoms with van der Waals surface area (Å²) in [5.74, 6) is 0.482. The fraction of sp³-hybridized carbons (Fsp3) is 0.280. The number of anilines is 1. The molecule has 1 aromatic carbocycles. The molecule has 0 aliphatic heterocycles. The van der Waals surface area contributed by atoms with E-state index in [1.54, 1.807) is 11.6 Å². The molecule has 1 aliphatic rings. The first-order valence-electron chi connectivity index (χ1n) is 10.3. The fourth-order valence-corrected chi connectivity index (χ4v) is 3.91. The van der Waals surface area contributed by atoms with Gasteiger partial charge < -0.3 is 15.7 Å². The second-order valence-electron chi connectivity index (χ2n) is 7.20. The fourth-order valence-electron chi connectivity index (χ4n) is 3.34. The molecule has 0 amide bonds. The van der Waals surface area contributed by atoms with Crippen LogP contribution in [0.1, 0.15) is 44.6 Å². The summed E-state index contributed by atoms with van der Waals surface area (Å²) in [4.78, 5) is 22.1. The number of rotatable bonds is 4. The smallest absolute Gasteiger partial charge is 0.261 e. The lowest BCUT2D eigenvalue weighted by molar-refractivity contribution is 0.789. The van der Waals surface area contributed by atoms with Gasteiger partial charge in [0.1, 0.15) is 11.4 Å². The van der Waals surface area contributed by atoms with Crippen LogP contribution in [0.2, 0.25) is 0 Å². The number of unbranched alkanes of at least 4 members (excludes halogenated alkanes) is 1. The number of nitrogens with zero attached hydrogens (tertiary/aromatic N) is 1. The Morgan fingerprint density at radius 3 is 2.68 bits per heavy atom. The number of terminal acetylenes is 1. The van der Waals surface area contributed by atoms with E-state index in [4.69, 9.17) is 5.73 Å². The summed E-state index contributed by atoms with van der Waals surface area (Å²) in [5.41, 5.74) is 10.6. The summed E-state index contributed by atoms with van der Waals surface area (Å²) in [6, 6.07) is 5.55. The van der Waals surface area contributed by atoms with Crippen LogP contribution in [-0.2, 0) is 0 Å². The van der Waals surface area contributed by atoms with Crippen molar-refractivity contribution in [2.75, 3.05) is 5.73 Å². The van der Waals surface area contributed by atoms with E-state index in [2.05, 4.69) is 68.9 Å². The molecule has 0 bridgehead atoms. The normalized spacial score (nSPS) is 12.4. The first-order valence-corrected chi connectivity index (χ1v) is 11.1. The molecule has 0 unspecified atom stereocenters. The largest absolute Gasteiger partial charge is 0.398 e. The van der Waals surface area contributed by atoms with Crippen molar-refractivity contribution in [3.8, 4) is 24.2 Å². The number of benzene rings is 1. The highest BCUT2D eigenvalue weighted by atomic mass is 79.9. The van der Waals surface area contributed by atoms with E-state index in [0.717, 1.165) is 21.1 Å². The van der Waals surface area contributed by atoms with Gasteiger partial charge in [-0.05, 0) is 56.4 Å². The molecule has 2 aromatic heterocycles. The Balaban J connectivity index is 0.000000241. The second-order valence-corrected chi connectivity index (χ2v) is 8.12. The Bertz CT molecular complexity index is 1150. The average Bonchev–Trinajstić information content (AvgIpc) is 3.18. The summed E-state index contributed by atoms with van der Waals surface area (Å²) in [7, 11) is 0. The number of hydrogen-bond acceptors (Lipinski definition) is 3. The van der Waals surface area contributed by atoms with Crippen molar-refractivity contribution in [1.82, 2.24) is 15.0 Å². The van der Waals surface area contributed by atoms with Gasteiger partial charge in [0.05, 0.1) is 11.0 Å². The number of aromatic amines is 2. The number of fused-ring (bicyclic) bond motifs is 1. The monoisotopic (exact) mass is 480 g/mol. The molecule has 6 heteroatoms. The first kappa shape index (κ1) is 24.2. The minimum absolute atomic E-state index is 0.254. The van der Waals surface area contributed by atoms with Crippen LogP contribution in [0, 0.1) is 19.8 Å². The Morgan fingerprint density at radius 2 is 2.03 bits per heavy atom. The van der Waals surface area contributed by atoms with Crippen molar-refractivity contribution in [1.29, 1.82) is 0 Å². The summed E-state index contributed by atoms with van der Waals surface area (Å²) >= 11 is 3.44. The number of hydrogen-bond donors (Lipinski definition) is 3. The van der Waals surface area contributed by atoms with Gasteiger partial charge in [0.2, 0.25) is 0 Å². The minimum Gasteiger partial charge on any atom is -0.398 e. The van der Waals surface area contributed by atoms with Crippen molar-refractivity contribution in [3.05, 3.63) is 68.6 Å². The number of nitrogens with two attached hydrogens (primary N) is 1. The molecule has 0 radical (unpaired) electrons. The minimum atomic E-state index is -0.254. The number of halogens is 1. The topological polar surface area (TPSA) is 87.6 Å². The SMILES string of the molecule is C#C.CCCCC1=CCCC=C1.Cc1cc(Br)cc2[nH]c(-c3c(N)cc[nH]c3=O)nc12. The number of aryl methyl sites for hydroxylation is 1. The summed E-state index contributed by atoms with van der Waals surface area (Å²) in [6.45, 7) is 4.21. The predicted octanol–water partition coefficient (Wildman–Crippen LogP) is 6.27. The molecule has 0 fully saturated rings. The van der Waals surface area contributed by atoms with E-state index in [-0.39, 0.29) is 5.56 Å². The summed E-state index contributed by atoms with van der Waals surface area (Å²) in [6.07, 6.45) is 22.9. The highest BCUT2D eigenvalue weighted by molar-refractivity contribution is 9.10. The Hall–Kier alpha value is -3.04. The van der Waals surface area contributed by atoms with Gasteiger partial charge in [0, 0.05) is 16.4 Å².